The highest BCUT2D eigenvalue weighted by atomic mass is 79.9. The van der Waals surface area contributed by atoms with Crippen LogP contribution in [0.3, 0.4) is 0 Å². The molecule has 106 valence electrons. The second-order valence-corrected chi connectivity index (χ2v) is 6.12. The molecule has 0 spiro atoms. The predicted octanol–water partition coefficient (Wildman–Crippen LogP) is 4.94. The average Bonchev–Trinajstić information content (AvgIpc) is 2.51. The molecule has 4 heteroatoms. The molecule has 0 saturated heterocycles. The van der Waals surface area contributed by atoms with Crippen molar-refractivity contribution in [3.63, 3.8) is 0 Å². The van der Waals surface area contributed by atoms with Crippen molar-refractivity contribution in [2.75, 3.05) is 0 Å². The van der Waals surface area contributed by atoms with Crippen LogP contribution in [0.15, 0.2) is 59.2 Å². The first-order valence-electron chi connectivity index (χ1n) is 6.71. The van der Waals surface area contributed by atoms with Crippen LogP contribution in [0.2, 0.25) is 5.02 Å². The van der Waals surface area contributed by atoms with E-state index in [1.807, 2.05) is 30.5 Å². The Morgan fingerprint density at radius 1 is 1.00 bits per heavy atom. The highest BCUT2D eigenvalue weighted by molar-refractivity contribution is 9.10. The van der Waals surface area contributed by atoms with E-state index in [2.05, 4.69) is 50.5 Å². The number of aromatic nitrogens is 1. The zero-order valence-electron chi connectivity index (χ0n) is 11.3. The summed E-state index contributed by atoms with van der Waals surface area (Å²) in [6.45, 7) is 1.53. The second-order valence-electron chi connectivity index (χ2n) is 4.83. The van der Waals surface area contributed by atoms with Crippen LogP contribution in [0, 0.1) is 0 Å². The van der Waals surface area contributed by atoms with Crippen LogP contribution in [0.1, 0.15) is 11.1 Å². The summed E-state index contributed by atoms with van der Waals surface area (Å²) >= 11 is 9.58. The number of fused-ring (bicyclic) bond motifs is 1. The molecule has 0 amide bonds. The van der Waals surface area contributed by atoms with Gasteiger partial charge in [-0.15, -0.1) is 0 Å². The lowest BCUT2D eigenvalue weighted by atomic mass is 10.1. The Morgan fingerprint density at radius 3 is 2.71 bits per heavy atom. The third kappa shape index (κ3) is 3.43. The summed E-state index contributed by atoms with van der Waals surface area (Å²) in [4.78, 5) is 4.47. The minimum atomic E-state index is 0.752. The topological polar surface area (TPSA) is 24.9 Å². The molecule has 0 bridgehead atoms. The van der Waals surface area contributed by atoms with Crippen LogP contribution in [0.4, 0.5) is 0 Å². The predicted molar refractivity (Wildman–Crippen MR) is 91.4 cm³/mol. The standard InChI is InChI=1S/C17H14BrClN2/c18-16-7-6-15(19)9-14(16)11-20-10-13-4-1-3-12-5-2-8-21-17(12)13/h1-9,20H,10-11H2. The van der Waals surface area contributed by atoms with Gasteiger partial charge in [-0.3, -0.25) is 4.98 Å². The molecule has 0 radical (unpaired) electrons. The lowest BCUT2D eigenvalue weighted by Crippen LogP contribution is -2.13. The van der Waals surface area contributed by atoms with Crippen molar-refractivity contribution in [2.45, 2.75) is 13.1 Å². The number of benzene rings is 2. The van der Waals surface area contributed by atoms with Crippen molar-refractivity contribution in [3.8, 4) is 0 Å². The van der Waals surface area contributed by atoms with Gasteiger partial charge in [0.15, 0.2) is 0 Å². The van der Waals surface area contributed by atoms with Crippen LogP contribution in [0.25, 0.3) is 10.9 Å². The summed E-state index contributed by atoms with van der Waals surface area (Å²) in [5, 5.41) is 5.37. The zero-order valence-corrected chi connectivity index (χ0v) is 13.7. The first kappa shape index (κ1) is 14.5. The molecular formula is C17H14BrClN2. The number of nitrogens with zero attached hydrogens (tertiary/aromatic N) is 1. The number of halogens is 2. The first-order chi connectivity index (χ1) is 10.2. The number of rotatable bonds is 4. The van der Waals surface area contributed by atoms with Gasteiger partial charge in [-0.05, 0) is 35.4 Å². The SMILES string of the molecule is Clc1ccc(Br)c(CNCc2cccc3cccnc23)c1. The lowest BCUT2D eigenvalue weighted by molar-refractivity contribution is 0.694. The van der Waals surface area contributed by atoms with Crippen LogP contribution in [-0.4, -0.2) is 4.98 Å². The smallest absolute Gasteiger partial charge is 0.0746 e. The largest absolute Gasteiger partial charge is 0.308 e. The molecule has 0 saturated carbocycles. The molecule has 21 heavy (non-hydrogen) atoms. The molecule has 0 atom stereocenters. The fraction of sp³-hybridized carbons (Fsp3) is 0.118. The fourth-order valence-corrected chi connectivity index (χ4v) is 2.90. The molecule has 3 rings (SSSR count). The summed E-state index contributed by atoms with van der Waals surface area (Å²) in [5.74, 6) is 0. The van der Waals surface area contributed by atoms with Crippen molar-refractivity contribution in [1.29, 1.82) is 0 Å². The summed E-state index contributed by atoms with van der Waals surface area (Å²) in [5.41, 5.74) is 3.40. The third-order valence-corrected chi connectivity index (χ3v) is 4.36. The first-order valence-corrected chi connectivity index (χ1v) is 7.88. The van der Waals surface area contributed by atoms with E-state index in [-0.39, 0.29) is 0 Å². The number of para-hydroxylation sites is 1. The Balaban J connectivity index is 1.74. The van der Waals surface area contributed by atoms with E-state index in [4.69, 9.17) is 11.6 Å². The van der Waals surface area contributed by atoms with Gasteiger partial charge in [-0.25, -0.2) is 0 Å². The van der Waals surface area contributed by atoms with E-state index in [0.29, 0.717) is 0 Å². The maximum Gasteiger partial charge on any atom is 0.0746 e. The van der Waals surface area contributed by atoms with Crippen LogP contribution >= 0.6 is 27.5 Å². The molecule has 0 aliphatic carbocycles. The Bertz CT molecular complexity index is 768. The quantitative estimate of drug-likeness (QED) is 0.712. The normalized spacial score (nSPS) is 11.0. The van der Waals surface area contributed by atoms with Crippen molar-refractivity contribution < 1.29 is 0 Å². The van der Waals surface area contributed by atoms with Gasteiger partial charge < -0.3 is 5.32 Å². The summed E-state index contributed by atoms with van der Waals surface area (Å²) < 4.78 is 1.07. The van der Waals surface area contributed by atoms with Gasteiger partial charge in [-0.2, -0.15) is 0 Å². The molecule has 2 aromatic carbocycles. The number of pyridine rings is 1. The van der Waals surface area contributed by atoms with Crippen molar-refractivity contribution in [1.82, 2.24) is 10.3 Å². The highest BCUT2D eigenvalue weighted by Crippen LogP contribution is 2.21. The molecule has 3 aromatic rings. The molecule has 1 heterocycles. The van der Waals surface area contributed by atoms with Crippen molar-refractivity contribution in [3.05, 3.63) is 75.4 Å². The van der Waals surface area contributed by atoms with E-state index in [1.165, 1.54) is 10.9 Å². The van der Waals surface area contributed by atoms with Crippen LogP contribution < -0.4 is 5.32 Å². The lowest BCUT2D eigenvalue weighted by Gasteiger charge is -2.09. The summed E-state index contributed by atoms with van der Waals surface area (Å²) in [6, 6.07) is 16.1. The van der Waals surface area contributed by atoms with Gasteiger partial charge in [-0.1, -0.05) is 51.8 Å². The minimum absolute atomic E-state index is 0.752. The van der Waals surface area contributed by atoms with Gasteiger partial charge in [0.25, 0.3) is 0 Å². The monoisotopic (exact) mass is 360 g/mol. The number of hydrogen-bond donors (Lipinski definition) is 1. The van der Waals surface area contributed by atoms with Gasteiger partial charge >= 0.3 is 0 Å². The molecule has 0 aliphatic heterocycles. The van der Waals surface area contributed by atoms with E-state index in [9.17, 15) is 0 Å². The van der Waals surface area contributed by atoms with E-state index in [1.54, 1.807) is 0 Å². The molecule has 2 nitrogen and oxygen atoms in total. The van der Waals surface area contributed by atoms with Crippen LogP contribution in [0.5, 0.6) is 0 Å². The maximum atomic E-state index is 6.03. The number of nitrogens with one attached hydrogen (secondary N) is 1. The average molecular weight is 362 g/mol. The van der Waals surface area contributed by atoms with E-state index in [0.717, 1.165) is 33.7 Å². The number of hydrogen-bond acceptors (Lipinski definition) is 2. The highest BCUT2D eigenvalue weighted by Gasteiger charge is 2.03. The molecule has 0 unspecified atom stereocenters. The van der Waals surface area contributed by atoms with Gasteiger partial charge in [0.05, 0.1) is 5.52 Å². The van der Waals surface area contributed by atoms with Gasteiger partial charge in [0.2, 0.25) is 0 Å². The van der Waals surface area contributed by atoms with E-state index >= 15 is 0 Å². The molecule has 1 aromatic heterocycles. The summed E-state index contributed by atoms with van der Waals surface area (Å²) in [7, 11) is 0. The molecule has 0 aliphatic rings. The third-order valence-electron chi connectivity index (χ3n) is 3.35. The van der Waals surface area contributed by atoms with Gasteiger partial charge in [0, 0.05) is 34.2 Å². The van der Waals surface area contributed by atoms with E-state index < -0.39 is 0 Å². The minimum Gasteiger partial charge on any atom is -0.308 e. The Labute approximate surface area is 137 Å². The Hall–Kier alpha value is -1.42. The van der Waals surface area contributed by atoms with Crippen LogP contribution in [-0.2, 0) is 13.1 Å². The van der Waals surface area contributed by atoms with Crippen molar-refractivity contribution in [2.24, 2.45) is 0 Å². The Morgan fingerprint density at radius 2 is 1.81 bits per heavy atom. The zero-order chi connectivity index (χ0) is 14.7. The fourth-order valence-electron chi connectivity index (χ4n) is 2.32. The molecule has 1 N–H and O–H groups in total. The summed E-state index contributed by atoms with van der Waals surface area (Å²) in [6.07, 6.45) is 1.83. The second kappa shape index (κ2) is 6.56. The maximum absolute atomic E-state index is 6.03. The molecular weight excluding hydrogens is 348 g/mol. The Kier molecular flexibility index (Phi) is 4.54. The molecule has 0 fully saturated rings. The van der Waals surface area contributed by atoms with Gasteiger partial charge in [0.1, 0.15) is 0 Å². The van der Waals surface area contributed by atoms with Crippen molar-refractivity contribution >= 4 is 38.4 Å².